The first-order valence-corrected chi connectivity index (χ1v) is 6.36. The van der Waals surface area contributed by atoms with Crippen molar-refractivity contribution in [3.8, 4) is 0 Å². The highest BCUT2D eigenvalue weighted by molar-refractivity contribution is 5.93. The van der Waals surface area contributed by atoms with Crippen molar-refractivity contribution >= 4 is 11.8 Å². The Balaban J connectivity index is 1.78. The number of methoxy groups -OCH3 is 1. The van der Waals surface area contributed by atoms with Crippen molar-refractivity contribution < 1.29 is 19.1 Å². The van der Waals surface area contributed by atoms with E-state index < -0.39 is 0 Å². The molecule has 20 heavy (non-hydrogen) atoms. The van der Waals surface area contributed by atoms with Gasteiger partial charge < -0.3 is 19.7 Å². The third-order valence-electron chi connectivity index (χ3n) is 3.04. The third kappa shape index (κ3) is 3.78. The Bertz CT molecular complexity index is 448. The number of carbonyl (C=O) groups is 2. The van der Waals surface area contributed by atoms with E-state index in [2.05, 4.69) is 15.5 Å². The minimum absolute atomic E-state index is 0.0377. The van der Waals surface area contributed by atoms with Crippen molar-refractivity contribution in [2.24, 2.45) is 0 Å². The molecule has 2 heterocycles. The van der Waals surface area contributed by atoms with E-state index in [0.29, 0.717) is 31.8 Å². The Morgan fingerprint density at radius 3 is 3.25 bits per heavy atom. The van der Waals surface area contributed by atoms with Crippen molar-refractivity contribution in [2.75, 3.05) is 40.0 Å². The van der Waals surface area contributed by atoms with Crippen LogP contribution in [-0.4, -0.2) is 73.0 Å². The molecule has 1 fully saturated rings. The number of morpholine rings is 1. The Morgan fingerprint density at radius 1 is 1.70 bits per heavy atom. The molecule has 0 saturated carbocycles. The molecular formula is C12H18N4O4. The number of nitrogens with one attached hydrogen (secondary N) is 2. The van der Waals surface area contributed by atoms with Gasteiger partial charge in [-0.15, -0.1) is 0 Å². The first kappa shape index (κ1) is 14.5. The summed E-state index contributed by atoms with van der Waals surface area (Å²) in [5, 5.41) is 9.04. The molecule has 1 saturated heterocycles. The second-order valence-corrected chi connectivity index (χ2v) is 4.46. The van der Waals surface area contributed by atoms with E-state index >= 15 is 0 Å². The Kier molecular flexibility index (Phi) is 5.08. The van der Waals surface area contributed by atoms with Crippen LogP contribution in [-0.2, 0) is 14.3 Å². The van der Waals surface area contributed by atoms with E-state index in [-0.39, 0.29) is 24.5 Å². The molecule has 0 bridgehead atoms. The van der Waals surface area contributed by atoms with Gasteiger partial charge in [0.2, 0.25) is 5.91 Å². The lowest BCUT2D eigenvalue weighted by Gasteiger charge is -2.32. The molecule has 1 aliphatic heterocycles. The first-order chi connectivity index (χ1) is 9.70. The fraction of sp³-hybridized carbons (Fsp3) is 0.583. The number of carbonyl (C=O) groups excluding carboxylic acids is 2. The van der Waals surface area contributed by atoms with Gasteiger partial charge in [0.25, 0.3) is 5.91 Å². The molecule has 0 radical (unpaired) electrons. The van der Waals surface area contributed by atoms with Crippen LogP contribution in [0, 0.1) is 0 Å². The number of hydrogen-bond donors (Lipinski definition) is 2. The smallest absolute Gasteiger partial charge is 0.254 e. The SMILES string of the molecule is COCCN1CC(CNC(=O)c2cn[nH]c2)OCC1=O. The van der Waals surface area contributed by atoms with E-state index in [0.717, 1.165) is 0 Å². The molecule has 8 heteroatoms. The largest absolute Gasteiger partial charge is 0.383 e. The summed E-state index contributed by atoms with van der Waals surface area (Å²) >= 11 is 0. The van der Waals surface area contributed by atoms with Crippen LogP contribution in [0.15, 0.2) is 12.4 Å². The normalized spacial score (nSPS) is 19.1. The summed E-state index contributed by atoms with van der Waals surface area (Å²) in [6.07, 6.45) is 2.76. The third-order valence-corrected chi connectivity index (χ3v) is 3.04. The standard InChI is InChI=1S/C12H18N4O4/c1-19-3-2-16-7-10(20-8-11(16)17)6-13-12(18)9-4-14-15-5-9/h4-5,10H,2-3,6-8H2,1H3,(H,13,18)(H,14,15). The second kappa shape index (κ2) is 7.01. The van der Waals surface area contributed by atoms with E-state index in [1.54, 1.807) is 12.0 Å². The van der Waals surface area contributed by atoms with E-state index in [1.807, 2.05) is 0 Å². The van der Waals surface area contributed by atoms with Crippen LogP contribution < -0.4 is 5.32 Å². The average molecular weight is 282 g/mol. The number of rotatable bonds is 6. The summed E-state index contributed by atoms with van der Waals surface area (Å²) < 4.78 is 10.4. The summed E-state index contributed by atoms with van der Waals surface area (Å²) in [6.45, 7) is 1.86. The van der Waals surface area contributed by atoms with Crippen molar-refractivity contribution in [1.82, 2.24) is 20.4 Å². The molecule has 1 aliphatic rings. The predicted octanol–water partition coefficient (Wildman–Crippen LogP) is -0.987. The van der Waals surface area contributed by atoms with Crippen molar-refractivity contribution in [1.29, 1.82) is 0 Å². The van der Waals surface area contributed by atoms with Crippen LogP contribution in [0.4, 0.5) is 0 Å². The van der Waals surface area contributed by atoms with Gasteiger partial charge in [-0.2, -0.15) is 5.10 Å². The van der Waals surface area contributed by atoms with Gasteiger partial charge in [-0.1, -0.05) is 0 Å². The molecule has 2 amide bonds. The van der Waals surface area contributed by atoms with Gasteiger partial charge in [0.15, 0.2) is 0 Å². The van der Waals surface area contributed by atoms with Gasteiger partial charge in [-0.05, 0) is 0 Å². The average Bonchev–Trinajstić information content (AvgIpc) is 2.99. The van der Waals surface area contributed by atoms with Gasteiger partial charge in [-0.3, -0.25) is 14.7 Å². The van der Waals surface area contributed by atoms with E-state index in [9.17, 15) is 9.59 Å². The van der Waals surface area contributed by atoms with Crippen LogP contribution in [0.5, 0.6) is 0 Å². The van der Waals surface area contributed by atoms with Crippen LogP contribution in [0.2, 0.25) is 0 Å². The minimum atomic E-state index is -0.220. The highest BCUT2D eigenvalue weighted by atomic mass is 16.5. The number of hydrogen-bond acceptors (Lipinski definition) is 5. The molecule has 8 nitrogen and oxygen atoms in total. The van der Waals surface area contributed by atoms with Crippen molar-refractivity contribution in [2.45, 2.75) is 6.10 Å². The summed E-state index contributed by atoms with van der Waals surface area (Å²) in [4.78, 5) is 25.0. The summed E-state index contributed by atoms with van der Waals surface area (Å²) in [5.41, 5.74) is 0.466. The maximum atomic E-state index is 11.7. The Morgan fingerprint density at radius 2 is 2.55 bits per heavy atom. The molecule has 0 spiro atoms. The van der Waals surface area contributed by atoms with Gasteiger partial charge in [0.05, 0.1) is 24.5 Å². The lowest BCUT2D eigenvalue weighted by atomic mass is 10.2. The van der Waals surface area contributed by atoms with Gasteiger partial charge in [-0.25, -0.2) is 0 Å². The van der Waals surface area contributed by atoms with Crippen LogP contribution in [0.1, 0.15) is 10.4 Å². The number of aromatic amines is 1. The molecule has 2 N–H and O–H groups in total. The highest BCUT2D eigenvalue weighted by Gasteiger charge is 2.26. The van der Waals surface area contributed by atoms with E-state index in [4.69, 9.17) is 9.47 Å². The molecule has 1 unspecified atom stereocenters. The topological polar surface area (TPSA) is 96.6 Å². The Labute approximate surface area is 116 Å². The van der Waals surface area contributed by atoms with E-state index in [1.165, 1.54) is 12.4 Å². The molecule has 0 aliphatic carbocycles. The fourth-order valence-corrected chi connectivity index (χ4v) is 1.91. The number of aromatic nitrogens is 2. The molecule has 2 rings (SSSR count). The van der Waals surface area contributed by atoms with Gasteiger partial charge >= 0.3 is 0 Å². The lowest BCUT2D eigenvalue weighted by molar-refractivity contribution is -0.149. The number of nitrogens with zero attached hydrogens (tertiary/aromatic N) is 2. The maximum Gasteiger partial charge on any atom is 0.254 e. The van der Waals surface area contributed by atoms with Gasteiger partial charge in [0.1, 0.15) is 6.61 Å². The number of amides is 2. The first-order valence-electron chi connectivity index (χ1n) is 6.36. The quantitative estimate of drug-likeness (QED) is 0.698. The predicted molar refractivity (Wildman–Crippen MR) is 69.1 cm³/mol. The number of H-pyrrole nitrogens is 1. The summed E-state index contributed by atoms with van der Waals surface area (Å²) in [7, 11) is 1.59. The van der Waals surface area contributed by atoms with Crippen LogP contribution in [0.3, 0.4) is 0 Å². The summed E-state index contributed by atoms with van der Waals surface area (Å²) in [5.74, 6) is -0.276. The molecule has 110 valence electrons. The van der Waals surface area contributed by atoms with Crippen LogP contribution in [0.25, 0.3) is 0 Å². The second-order valence-electron chi connectivity index (χ2n) is 4.46. The zero-order valence-electron chi connectivity index (χ0n) is 11.3. The minimum Gasteiger partial charge on any atom is -0.383 e. The maximum absolute atomic E-state index is 11.7. The molecule has 0 aromatic carbocycles. The molecular weight excluding hydrogens is 264 g/mol. The van der Waals surface area contributed by atoms with Gasteiger partial charge in [0, 0.05) is 32.9 Å². The molecule has 1 aromatic rings. The summed E-state index contributed by atoms with van der Waals surface area (Å²) in [6, 6.07) is 0. The lowest BCUT2D eigenvalue weighted by Crippen LogP contribution is -2.51. The Hall–Kier alpha value is -1.93. The van der Waals surface area contributed by atoms with Crippen molar-refractivity contribution in [3.63, 3.8) is 0 Å². The fourth-order valence-electron chi connectivity index (χ4n) is 1.91. The zero-order chi connectivity index (χ0) is 14.4. The zero-order valence-corrected chi connectivity index (χ0v) is 11.3. The van der Waals surface area contributed by atoms with Crippen molar-refractivity contribution in [3.05, 3.63) is 18.0 Å². The molecule has 1 atom stereocenters. The van der Waals surface area contributed by atoms with Crippen LogP contribution >= 0.6 is 0 Å². The monoisotopic (exact) mass is 282 g/mol. The highest BCUT2D eigenvalue weighted by Crippen LogP contribution is 2.06. The number of ether oxygens (including phenoxy) is 2. The molecule has 1 aromatic heterocycles.